The first-order valence-electron chi connectivity index (χ1n) is 12.0. The predicted molar refractivity (Wildman–Crippen MR) is 128 cm³/mol. The van der Waals surface area contributed by atoms with Crippen molar-refractivity contribution in [2.45, 2.75) is 57.5 Å². The summed E-state index contributed by atoms with van der Waals surface area (Å²) in [5, 5.41) is 14.9. The molecule has 0 aromatic heterocycles. The highest BCUT2D eigenvalue weighted by Gasteiger charge is 2.33. The molecule has 7 heteroatoms. The van der Waals surface area contributed by atoms with E-state index in [0.717, 1.165) is 24.0 Å². The molecule has 34 heavy (non-hydrogen) atoms. The smallest absolute Gasteiger partial charge is 0.407 e. The number of alkyl carbamates (subject to hydrolysis) is 1. The summed E-state index contributed by atoms with van der Waals surface area (Å²) in [5.74, 6) is -1.84. The van der Waals surface area contributed by atoms with E-state index >= 15 is 0 Å². The Hall–Kier alpha value is -3.35. The molecule has 180 valence electrons. The molecule has 2 aliphatic rings. The molecule has 1 saturated carbocycles. The minimum absolute atomic E-state index is 0.00739. The van der Waals surface area contributed by atoms with Crippen LogP contribution in [0.15, 0.2) is 48.5 Å². The van der Waals surface area contributed by atoms with Crippen molar-refractivity contribution in [1.82, 2.24) is 10.6 Å². The highest BCUT2D eigenvalue weighted by Crippen LogP contribution is 2.44. The first-order chi connectivity index (χ1) is 16.3. The fourth-order valence-electron chi connectivity index (χ4n) is 5.15. The van der Waals surface area contributed by atoms with E-state index in [9.17, 15) is 19.5 Å². The third-order valence-corrected chi connectivity index (χ3v) is 6.94. The maximum atomic E-state index is 12.7. The highest BCUT2D eigenvalue weighted by molar-refractivity contribution is 5.85. The number of hydrogen-bond acceptors (Lipinski definition) is 4. The van der Waals surface area contributed by atoms with E-state index in [0.29, 0.717) is 12.8 Å². The number of fused-ring (bicyclic) bond motifs is 3. The summed E-state index contributed by atoms with van der Waals surface area (Å²) in [6.45, 7) is 3.77. The Bertz CT molecular complexity index is 1020. The number of hydrogen-bond donors (Lipinski definition) is 3. The normalized spacial score (nSPS) is 20.2. The molecule has 0 saturated heterocycles. The summed E-state index contributed by atoms with van der Waals surface area (Å²) in [4.78, 5) is 36.7. The van der Waals surface area contributed by atoms with Gasteiger partial charge in [-0.1, -0.05) is 68.8 Å². The first-order valence-corrected chi connectivity index (χ1v) is 12.0. The standard InChI is InChI=1S/C27H32N2O5/c1-16(2)24(26(31)32)29-25(30)17-8-7-9-18(14-17)28-27(33)34-15-23-21-12-5-3-10-19(21)20-11-4-6-13-22(20)23/h3-6,10-13,16-18,23-24H,7-9,14-15H2,1-2H3,(H,28,33)(H,29,30)(H,31,32)/t17-,18-,24?/m1/s1. The molecular formula is C27H32N2O5. The van der Waals surface area contributed by atoms with Crippen molar-refractivity contribution < 1.29 is 24.2 Å². The SMILES string of the molecule is CC(C)C(NC(=O)[C@@H]1CCC[C@@H](NC(=O)OCC2c3ccccc3-c3ccccc32)C1)C(=O)O. The predicted octanol–water partition coefficient (Wildman–Crippen LogP) is 4.31. The summed E-state index contributed by atoms with van der Waals surface area (Å²) in [6.07, 6.45) is 2.21. The van der Waals surface area contributed by atoms with Crippen LogP contribution in [-0.4, -0.2) is 41.8 Å². The van der Waals surface area contributed by atoms with E-state index < -0.39 is 18.1 Å². The molecule has 1 unspecified atom stereocenters. The van der Waals surface area contributed by atoms with Gasteiger partial charge in [-0.3, -0.25) is 4.79 Å². The fraction of sp³-hybridized carbons (Fsp3) is 0.444. The van der Waals surface area contributed by atoms with Crippen molar-refractivity contribution in [2.24, 2.45) is 11.8 Å². The van der Waals surface area contributed by atoms with Gasteiger partial charge in [0.05, 0.1) is 0 Å². The second-order valence-electron chi connectivity index (χ2n) is 9.60. The van der Waals surface area contributed by atoms with Gasteiger partial charge in [0.2, 0.25) is 5.91 Å². The number of carbonyl (C=O) groups excluding carboxylic acids is 2. The molecule has 0 bridgehead atoms. The van der Waals surface area contributed by atoms with Crippen LogP contribution in [0, 0.1) is 11.8 Å². The van der Waals surface area contributed by atoms with Crippen LogP contribution >= 0.6 is 0 Å². The van der Waals surface area contributed by atoms with E-state index in [1.165, 1.54) is 11.1 Å². The number of ether oxygens (including phenoxy) is 1. The van der Waals surface area contributed by atoms with Gasteiger partial charge in [0, 0.05) is 17.9 Å². The van der Waals surface area contributed by atoms with Gasteiger partial charge in [-0.2, -0.15) is 0 Å². The summed E-state index contributed by atoms with van der Waals surface area (Å²) < 4.78 is 5.64. The Balaban J connectivity index is 1.32. The van der Waals surface area contributed by atoms with Crippen LogP contribution in [0.2, 0.25) is 0 Å². The number of benzene rings is 2. The molecule has 0 aliphatic heterocycles. The first kappa shape index (κ1) is 23.8. The maximum Gasteiger partial charge on any atom is 0.407 e. The number of aliphatic carboxylic acids is 1. The molecule has 0 radical (unpaired) electrons. The van der Waals surface area contributed by atoms with Crippen LogP contribution in [0.25, 0.3) is 11.1 Å². The van der Waals surface area contributed by atoms with Gasteiger partial charge in [-0.15, -0.1) is 0 Å². The molecule has 2 aliphatic carbocycles. The molecule has 0 spiro atoms. The van der Waals surface area contributed by atoms with Gasteiger partial charge >= 0.3 is 12.1 Å². The molecule has 1 fully saturated rings. The van der Waals surface area contributed by atoms with Crippen molar-refractivity contribution >= 4 is 18.0 Å². The number of carboxylic acids is 1. The molecule has 7 nitrogen and oxygen atoms in total. The molecule has 4 rings (SSSR count). The van der Waals surface area contributed by atoms with Crippen molar-refractivity contribution in [2.75, 3.05) is 6.61 Å². The zero-order valence-electron chi connectivity index (χ0n) is 19.6. The summed E-state index contributed by atoms with van der Waals surface area (Å²) in [5.41, 5.74) is 4.66. The minimum Gasteiger partial charge on any atom is -0.480 e. The third-order valence-electron chi connectivity index (χ3n) is 6.94. The van der Waals surface area contributed by atoms with E-state index in [4.69, 9.17) is 4.74 Å². The lowest BCUT2D eigenvalue weighted by atomic mass is 9.85. The Morgan fingerprint density at radius 2 is 1.62 bits per heavy atom. The molecule has 3 atom stereocenters. The van der Waals surface area contributed by atoms with E-state index in [1.807, 2.05) is 24.3 Å². The average Bonchev–Trinajstić information content (AvgIpc) is 3.14. The molecule has 2 aromatic rings. The van der Waals surface area contributed by atoms with Gasteiger partial charge in [0.15, 0.2) is 0 Å². The van der Waals surface area contributed by atoms with Crippen LogP contribution in [0.5, 0.6) is 0 Å². The number of carboxylic acid groups (broad SMARTS) is 1. The van der Waals surface area contributed by atoms with Crippen LogP contribution < -0.4 is 10.6 Å². The van der Waals surface area contributed by atoms with Gasteiger partial charge < -0.3 is 20.5 Å². The average molecular weight is 465 g/mol. The maximum absolute atomic E-state index is 12.7. The number of rotatable bonds is 7. The second-order valence-corrected chi connectivity index (χ2v) is 9.60. The number of nitrogens with one attached hydrogen (secondary N) is 2. The van der Waals surface area contributed by atoms with Crippen molar-refractivity contribution in [3.05, 3.63) is 59.7 Å². The second kappa shape index (κ2) is 10.3. The Morgan fingerprint density at radius 1 is 1.00 bits per heavy atom. The van der Waals surface area contributed by atoms with Gasteiger partial charge in [0.25, 0.3) is 0 Å². The monoisotopic (exact) mass is 464 g/mol. The van der Waals surface area contributed by atoms with Crippen LogP contribution in [0.3, 0.4) is 0 Å². The topological polar surface area (TPSA) is 105 Å². The summed E-state index contributed by atoms with van der Waals surface area (Å²) in [6, 6.07) is 15.3. The quantitative estimate of drug-likeness (QED) is 0.566. The number of amides is 2. The zero-order valence-corrected chi connectivity index (χ0v) is 19.6. The van der Waals surface area contributed by atoms with Crippen LogP contribution in [0.4, 0.5) is 4.79 Å². The Labute approximate surface area is 199 Å². The lowest BCUT2D eigenvalue weighted by molar-refractivity contribution is -0.144. The molecule has 2 amide bonds. The highest BCUT2D eigenvalue weighted by atomic mass is 16.5. The van der Waals surface area contributed by atoms with E-state index in [1.54, 1.807) is 13.8 Å². The number of carbonyl (C=O) groups is 3. The Kier molecular flexibility index (Phi) is 7.20. The van der Waals surface area contributed by atoms with E-state index in [-0.39, 0.29) is 36.3 Å². The van der Waals surface area contributed by atoms with Crippen LogP contribution in [-0.2, 0) is 14.3 Å². The van der Waals surface area contributed by atoms with Crippen molar-refractivity contribution in [3.63, 3.8) is 0 Å². The van der Waals surface area contributed by atoms with Gasteiger partial charge in [-0.25, -0.2) is 9.59 Å². The minimum atomic E-state index is -1.03. The summed E-state index contributed by atoms with van der Waals surface area (Å²) >= 11 is 0. The molecule has 0 heterocycles. The largest absolute Gasteiger partial charge is 0.480 e. The van der Waals surface area contributed by atoms with Crippen molar-refractivity contribution in [1.29, 1.82) is 0 Å². The molecule has 2 aromatic carbocycles. The van der Waals surface area contributed by atoms with Gasteiger partial charge in [0.1, 0.15) is 12.6 Å². The molecule has 3 N–H and O–H groups in total. The lowest BCUT2D eigenvalue weighted by Crippen LogP contribution is -2.49. The lowest BCUT2D eigenvalue weighted by Gasteiger charge is -2.30. The Morgan fingerprint density at radius 3 is 2.21 bits per heavy atom. The molecular weight excluding hydrogens is 432 g/mol. The van der Waals surface area contributed by atoms with Crippen molar-refractivity contribution in [3.8, 4) is 11.1 Å². The van der Waals surface area contributed by atoms with E-state index in [2.05, 4.69) is 34.9 Å². The zero-order chi connectivity index (χ0) is 24.2. The summed E-state index contributed by atoms with van der Waals surface area (Å²) in [7, 11) is 0. The fourth-order valence-corrected chi connectivity index (χ4v) is 5.15. The van der Waals surface area contributed by atoms with Gasteiger partial charge in [-0.05, 0) is 47.4 Å². The van der Waals surface area contributed by atoms with Crippen LogP contribution in [0.1, 0.15) is 56.6 Å². The third kappa shape index (κ3) is 5.08.